The van der Waals surface area contributed by atoms with Gasteiger partial charge < -0.3 is 9.73 Å². The molecule has 0 aliphatic carbocycles. The van der Waals surface area contributed by atoms with Crippen molar-refractivity contribution in [2.24, 2.45) is 0 Å². The molecule has 0 bridgehead atoms. The summed E-state index contributed by atoms with van der Waals surface area (Å²) in [4.78, 5) is 4.54. The molecule has 1 N–H and O–H groups in total. The predicted octanol–water partition coefficient (Wildman–Crippen LogP) is 3.54. The van der Waals surface area contributed by atoms with Crippen molar-refractivity contribution < 1.29 is 4.42 Å². The Morgan fingerprint density at radius 3 is 2.78 bits per heavy atom. The Labute approximate surface area is 109 Å². The highest BCUT2D eigenvalue weighted by molar-refractivity contribution is 5.72. The van der Waals surface area contributed by atoms with E-state index in [4.69, 9.17) is 4.42 Å². The molecule has 0 aliphatic heterocycles. The number of fused-ring (bicyclic) bond motifs is 1. The number of para-hydroxylation sites is 2. The third-order valence-electron chi connectivity index (χ3n) is 3.08. The fraction of sp³-hybridized carbons (Fsp3) is 0.533. The number of hydrogen-bond donors (Lipinski definition) is 1. The Hall–Kier alpha value is -1.35. The van der Waals surface area contributed by atoms with E-state index in [0.717, 1.165) is 36.4 Å². The standard InChI is InChI=1S/C15H22N2O/c1-3-7-12(16-10-4-2)11-15-17-13-8-5-6-9-14(13)18-15/h5-6,8-9,12,16H,3-4,7,10-11H2,1-2H3. The molecule has 1 heterocycles. The van der Waals surface area contributed by atoms with Gasteiger partial charge in [0.1, 0.15) is 5.52 Å². The van der Waals surface area contributed by atoms with Gasteiger partial charge in [0, 0.05) is 12.5 Å². The normalized spacial score (nSPS) is 13.0. The number of nitrogens with zero attached hydrogens (tertiary/aromatic N) is 1. The zero-order valence-electron chi connectivity index (χ0n) is 11.3. The summed E-state index contributed by atoms with van der Waals surface area (Å²) in [7, 11) is 0. The van der Waals surface area contributed by atoms with Crippen LogP contribution < -0.4 is 5.32 Å². The number of oxazole rings is 1. The van der Waals surface area contributed by atoms with Crippen LogP contribution in [0, 0.1) is 0 Å². The smallest absolute Gasteiger partial charge is 0.197 e. The van der Waals surface area contributed by atoms with Gasteiger partial charge in [-0.1, -0.05) is 32.4 Å². The molecule has 0 aliphatic rings. The second-order valence-electron chi connectivity index (χ2n) is 4.72. The molecule has 3 heteroatoms. The lowest BCUT2D eigenvalue weighted by Gasteiger charge is -2.15. The quantitative estimate of drug-likeness (QED) is 0.812. The molecule has 2 aromatic rings. The molecule has 0 saturated carbocycles. The minimum Gasteiger partial charge on any atom is -0.441 e. The molecule has 1 aromatic carbocycles. The van der Waals surface area contributed by atoms with Gasteiger partial charge >= 0.3 is 0 Å². The summed E-state index contributed by atoms with van der Waals surface area (Å²) < 4.78 is 5.77. The zero-order chi connectivity index (χ0) is 12.8. The van der Waals surface area contributed by atoms with E-state index in [1.54, 1.807) is 0 Å². The first kappa shape index (κ1) is 13.1. The SMILES string of the molecule is CCCNC(CCC)Cc1nc2ccccc2o1. The molecule has 0 radical (unpaired) electrons. The van der Waals surface area contributed by atoms with Gasteiger partial charge in [-0.15, -0.1) is 0 Å². The maximum Gasteiger partial charge on any atom is 0.197 e. The zero-order valence-corrected chi connectivity index (χ0v) is 11.3. The van der Waals surface area contributed by atoms with Crippen molar-refractivity contribution in [2.75, 3.05) is 6.54 Å². The van der Waals surface area contributed by atoms with Crippen LogP contribution in [0.3, 0.4) is 0 Å². The highest BCUT2D eigenvalue weighted by atomic mass is 16.3. The number of aromatic nitrogens is 1. The third kappa shape index (κ3) is 3.33. The summed E-state index contributed by atoms with van der Waals surface area (Å²) in [6.45, 7) is 5.47. The summed E-state index contributed by atoms with van der Waals surface area (Å²) in [6, 6.07) is 8.42. The summed E-state index contributed by atoms with van der Waals surface area (Å²) in [5, 5.41) is 3.56. The van der Waals surface area contributed by atoms with Crippen molar-refractivity contribution in [3.63, 3.8) is 0 Å². The lowest BCUT2D eigenvalue weighted by molar-refractivity contribution is 0.423. The predicted molar refractivity (Wildman–Crippen MR) is 74.7 cm³/mol. The topological polar surface area (TPSA) is 38.1 Å². The summed E-state index contributed by atoms with van der Waals surface area (Å²) in [5.41, 5.74) is 1.84. The van der Waals surface area contributed by atoms with Gasteiger partial charge in [0.2, 0.25) is 0 Å². The Kier molecular flexibility index (Phi) is 4.76. The number of nitrogens with one attached hydrogen (secondary N) is 1. The maximum atomic E-state index is 5.77. The maximum absolute atomic E-state index is 5.77. The van der Waals surface area contributed by atoms with E-state index in [2.05, 4.69) is 24.1 Å². The molecule has 3 nitrogen and oxygen atoms in total. The van der Waals surface area contributed by atoms with Crippen LogP contribution in [0.1, 0.15) is 39.0 Å². The molecule has 0 saturated heterocycles. The molecule has 0 amide bonds. The van der Waals surface area contributed by atoms with Crippen molar-refractivity contribution in [2.45, 2.75) is 45.6 Å². The highest BCUT2D eigenvalue weighted by Gasteiger charge is 2.12. The molecule has 1 unspecified atom stereocenters. The van der Waals surface area contributed by atoms with Crippen LogP contribution in [0.25, 0.3) is 11.1 Å². The fourth-order valence-corrected chi connectivity index (χ4v) is 2.19. The van der Waals surface area contributed by atoms with E-state index < -0.39 is 0 Å². The number of rotatable bonds is 7. The first-order valence-electron chi connectivity index (χ1n) is 6.91. The van der Waals surface area contributed by atoms with Gasteiger partial charge in [-0.2, -0.15) is 0 Å². The van der Waals surface area contributed by atoms with Gasteiger partial charge in [-0.25, -0.2) is 4.98 Å². The van der Waals surface area contributed by atoms with E-state index in [1.807, 2.05) is 24.3 Å². The minimum absolute atomic E-state index is 0.475. The number of benzene rings is 1. The van der Waals surface area contributed by atoms with Crippen molar-refractivity contribution in [1.29, 1.82) is 0 Å². The van der Waals surface area contributed by atoms with Crippen LogP contribution in [0.15, 0.2) is 28.7 Å². The van der Waals surface area contributed by atoms with E-state index in [1.165, 1.54) is 12.8 Å². The molecule has 0 spiro atoms. The van der Waals surface area contributed by atoms with Crippen molar-refractivity contribution in [3.8, 4) is 0 Å². The van der Waals surface area contributed by atoms with Gasteiger partial charge in [0.25, 0.3) is 0 Å². The molecule has 0 fully saturated rings. The first-order chi connectivity index (χ1) is 8.83. The molecular formula is C15H22N2O. The summed E-state index contributed by atoms with van der Waals surface area (Å²) in [6.07, 6.45) is 4.39. The molecule has 1 aromatic heterocycles. The molecular weight excluding hydrogens is 224 g/mol. The van der Waals surface area contributed by atoms with Crippen LogP contribution in [0.5, 0.6) is 0 Å². The van der Waals surface area contributed by atoms with E-state index in [0.29, 0.717) is 6.04 Å². The average molecular weight is 246 g/mol. The largest absolute Gasteiger partial charge is 0.441 e. The highest BCUT2D eigenvalue weighted by Crippen LogP contribution is 2.16. The van der Waals surface area contributed by atoms with Crippen LogP contribution in [0.4, 0.5) is 0 Å². The second-order valence-corrected chi connectivity index (χ2v) is 4.72. The molecule has 1 atom stereocenters. The summed E-state index contributed by atoms with van der Waals surface area (Å²) >= 11 is 0. The third-order valence-corrected chi connectivity index (χ3v) is 3.08. The Bertz CT molecular complexity index is 445. The second kappa shape index (κ2) is 6.55. The average Bonchev–Trinajstić information content (AvgIpc) is 2.78. The van der Waals surface area contributed by atoms with Crippen LogP contribution in [-0.2, 0) is 6.42 Å². The fourth-order valence-electron chi connectivity index (χ4n) is 2.19. The van der Waals surface area contributed by atoms with Crippen LogP contribution in [-0.4, -0.2) is 17.6 Å². The van der Waals surface area contributed by atoms with Gasteiger partial charge in [0.05, 0.1) is 0 Å². The van der Waals surface area contributed by atoms with E-state index >= 15 is 0 Å². The van der Waals surface area contributed by atoms with Gasteiger partial charge in [-0.3, -0.25) is 0 Å². The Balaban J connectivity index is 2.05. The Morgan fingerprint density at radius 1 is 1.22 bits per heavy atom. The van der Waals surface area contributed by atoms with Gasteiger partial charge in [0.15, 0.2) is 11.5 Å². The van der Waals surface area contributed by atoms with Crippen molar-refractivity contribution >= 4 is 11.1 Å². The van der Waals surface area contributed by atoms with Crippen LogP contribution in [0.2, 0.25) is 0 Å². The van der Waals surface area contributed by atoms with Crippen molar-refractivity contribution in [1.82, 2.24) is 10.3 Å². The Morgan fingerprint density at radius 2 is 2.06 bits per heavy atom. The molecule has 98 valence electrons. The number of hydrogen-bond acceptors (Lipinski definition) is 3. The van der Waals surface area contributed by atoms with E-state index in [-0.39, 0.29) is 0 Å². The lowest BCUT2D eigenvalue weighted by atomic mass is 10.1. The van der Waals surface area contributed by atoms with E-state index in [9.17, 15) is 0 Å². The van der Waals surface area contributed by atoms with Crippen LogP contribution >= 0.6 is 0 Å². The molecule has 18 heavy (non-hydrogen) atoms. The summed E-state index contributed by atoms with van der Waals surface area (Å²) in [5.74, 6) is 0.846. The minimum atomic E-state index is 0.475. The lowest BCUT2D eigenvalue weighted by Crippen LogP contribution is -2.31. The monoisotopic (exact) mass is 246 g/mol. The van der Waals surface area contributed by atoms with Gasteiger partial charge in [-0.05, 0) is 31.5 Å². The van der Waals surface area contributed by atoms with Crippen molar-refractivity contribution in [3.05, 3.63) is 30.2 Å². The molecule has 2 rings (SSSR count). The first-order valence-corrected chi connectivity index (χ1v) is 6.91.